The molecule has 1 aliphatic heterocycles. The number of aliphatic hydroxyl groups excluding tert-OH is 1. The molecule has 0 saturated heterocycles. The second-order valence-corrected chi connectivity index (χ2v) is 3.79. The van der Waals surface area contributed by atoms with Gasteiger partial charge in [-0.3, -0.25) is 0 Å². The van der Waals surface area contributed by atoms with Gasteiger partial charge in [-0.25, -0.2) is 4.79 Å². The van der Waals surface area contributed by atoms with Crippen LogP contribution in [-0.2, 0) is 9.63 Å². The third kappa shape index (κ3) is 2.44. The van der Waals surface area contributed by atoms with Gasteiger partial charge in [0, 0.05) is 5.56 Å². The Hall–Kier alpha value is -2.05. The molecule has 2 atom stereocenters. The highest BCUT2D eigenvalue weighted by Crippen LogP contribution is 2.23. The van der Waals surface area contributed by atoms with Gasteiger partial charge in [-0.2, -0.15) is 0 Å². The second-order valence-electron chi connectivity index (χ2n) is 3.79. The van der Waals surface area contributed by atoms with E-state index < -0.39 is 18.1 Å². The summed E-state index contributed by atoms with van der Waals surface area (Å²) in [6, 6.07) is 6.32. The van der Waals surface area contributed by atoms with Crippen molar-refractivity contribution < 1.29 is 24.6 Å². The zero-order chi connectivity index (χ0) is 13.1. The first-order chi connectivity index (χ1) is 8.61. The van der Waals surface area contributed by atoms with E-state index in [1.807, 2.05) is 0 Å². The summed E-state index contributed by atoms with van der Waals surface area (Å²) < 4.78 is 5.03. The lowest BCUT2D eigenvalue weighted by molar-refractivity contribution is -0.148. The topological polar surface area (TPSA) is 88.0 Å². The maximum atomic E-state index is 10.6. The first-order valence-electron chi connectivity index (χ1n) is 5.31. The second kappa shape index (κ2) is 5.07. The smallest absolute Gasteiger partial charge is 0.334 e. The molecule has 0 amide bonds. The van der Waals surface area contributed by atoms with E-state index in [2.05, 4.69) is 5.48 Å². The molecule has 0 saturated carbocycles. The number of carboxylic acids is 1. The summed E-state index contributed by atoms with van der Waals surface area (Å²) in [4.78, 5) is 15.8. The molecular weight excluding hydrogens is 238 g/mol. The Labute approximate surface area is 103 Å². The lowest BCUT2D eigenvalue weighted by Gasteiger charge is -2.10. The standard InChI is InChI=1S/C12H13NO5/c1-17-8-4-2-7(3-5-8)10-6-9(13-18-10)11(14)12(15)16/h2-6,9,11,13-14H,1H3,(H,15,16)/t9?,11-/m0/s1. The van der Waals surface area contributed by atoms with Crippen LogP contribution in [0.4, 0.5) is 0 Å². The monoisotopic (exact) mass is 251 g/mol. The number of hydrogen-bond acceptors (Lipinski definition) is 5. The third-order valence-electron chi connectivity index (χ3n) is 2.60. The van der Waals surface area contributed by atoms with Gasteiger partial charge < -0.3 is 19.8 Å². The zero-order valence-corrected chi connectivity index (χ0v) is 9.66. The van der Waals surface area contributed by atoms with Crippen LogP contribution in [0.2, 0.25) is 0 Å². The predicted molar refractivity (Wildman–Crippen MR) is 62.6 cm³/mol. The number of aliphatic carboxylic acids is 1. The fourth-order valence-corrected chi connectivity index (χ4v) is 1.58. The summed E-state index contributed by atoms with van der Waals surface area (Å²) in [5.74, 6) is -0.112. The van der Waals surface area contributed by atoms with E-state index in [4.69, 9.17) is 14.7 Å². The molecule has 0 fully saturated rings. The molecule has 1 aromatic rings. The molecule has 6 nitrogen and oxygen atoms in total. The molecule has 0 aromatic heterocycles. The predicted octanol–water partition coefficient (Wildman–Crippen LogP) is 0.385. The van der Waals surface area contributed by atoms with Crippen LogP contribution < -0.4 is 10.2 Å². The van der Waals surface area contributed by atoms with Crippen LogP contribution in [0.5, 0.6) is 5.75 Å². The van der Waals surface area contributed by atoms with Gasteiger partial charge in [-0.1, -0.05) is 0 Å². The molecule has 2 rings (SSSR count). The highest BCUT2D eigenvalue weighted by Gasteiger charge is 2.29. The van der Waals surface area contributed by atoms with Gasteiger partial charge in [0.25, 0.3) is 0 Å². The van der Waals surface area contributed by atoms with Gasteiger partial charge in [0.05, 0.1) is 7.11 Å². The number of carboxylic acid groups (broad SMARTS) is 1. The minimum Gasteiger partial charge on any atom is -0.497 e. The fraction of sp³-hybridized carbons (Fsp3) is 0.250. The molecule has 0 bridgehead atoms. The van der Waals surface area contributed by atoms with Crippen LogP contribution in [0.3, 0.4) is 0 Å². The maximum Gasteiger partial charge on any atom is 0.334 e. The molecular formula is C12H13NO5. The van der Waals surface area contributed by atoms with Crippen LogP contribution in [0.25, 0.3) is 5.76 Å². The van der Waals surface area contributed by atoms with Gasteiger partial charge >= 0.3 is 5.97 Å². The Balaban J connectivity index is 2.14. The Morgan fingerprint density at radius 3 is 2.67 bits per heavy atom. The number of nitrogens with one attached hydrogen (secondary N) is 1. The van der Waals surface area contributed by atoms with Crippen molar-refractivity contribution in [1.29, 1.82) is 0 Å². The number of methoxy groups -OCH3 is 1. The molecule has 18 heavy (non-hydrogen) atoms. The number of rotatable bonds is 4. The molecule has 6 heteroatoms. The largest absolute Gasteiger partial charge is 0.497 e. The highest BCUT2D eigenvalue weighted by molar-refractivity contribution is 5.74. The van der Waals surface area contributed by atoms with Crippen molar-refractivity contribution in [2.75, 3.05) is 7.11 Å². The average molecular weight is 251 g/mol. The molecule has 1 aromatic carbocycles. The first-order valence-corrected chi connectivity index (χ1v) is 5.31. The molecule has 96 valence electrons. The molecule has 1 unspecified atom stereocenters. The van der Waals surface area contributed by atoms with Crippen molar-refractivity contribution in [3.8, 4) is 5.75 Å². The Morgan fingerprint density at radius 1 is 1.44 bits per heavy atom. The Morgan fingerprint density at radius 2 is 2.11 bits per heavy atom. The van der Waals surface area contributed by atoms with Gasteiger partial charge in [0.1, 0.15) is 11.8 Å². The first kappa shape index (κ1) is 12.4. The molecule has 0 aliphatic carbocycles. The fourth-order valence-electron chi connectivity index (χ4n) is 1.58. The number of hydroxylamine groups is 1. The Bertz CT molecular complexity index is 468. The molecule has 0 radical (unpaired) electrons. The normalized spacial score (nSPS) is 19.9. The summed E-state index contributed by atoms with van der Waals surface area (Å²) >= 11 is 0. The minimum absolute atomic E-state index is 0.475. The summed E-state index contributed by atoms with van der Waals surface area (Å²) in [6.45, 7) is 0. The SMILES string of the molecule is COc1ccc(C2=CC([C@H](O)C(=O)O)NO2)cc1. The summed E-state index contributed by atoms with van der Waals surface area (Å²) in [6.07, 6.45) is -0.0126. The number of carbonyl (C=O) groups is 1. The number of ether oxygens (including phenoxy) is 1. The average Bonchev–Trinajstić information content (AvgIpc) is 2.87. The van der Waals surface area contributed by atoms with Crippen molar-refractivity contribution in [1.82, 2.24) is 5.48 Å². The zero-order valence-electron chi connectivity index (χ0n) is 9.66. The minimum atomic E-state index is -1.54. The molecule has 1 aliphatic rings. The van der Waals surface area contributed by atoms with E-state index >= 15 is 0 Å². The van der Waals surface area contributed by atoms with Crippen molar-refractivity contribution in [3.05, 3.63) is 35.9 Å². The van der Waals surface area contributed by atoms with Crippen LogP contribution >= 0.6 is 0 Å². The van der Waals surface area contributed by atoms with E-state index in [0.717, 1.165) is 5.56 Å². The van der Waals surface area contributed by atoms with Crippen molar-refractivity contribution in [2.24, 2.45) is 0 Å². The summed E-state index contributed by atoms with van der Waals surface area (Å²) in [5, 5.41) is 18.0. The van der Waals surface area contributed by atoms with E-state index in [9.17, 15) is 9.90 Å². The molecule has 0 spiro atoms. The van der Waals surface area contributed by atoms with Crippen LogP contribution in [0, 0.1) is 0 Å². The van der Waals surface area contributed by atoms with Gasteiger partial charge in [0.15, 0.2) is 11.9 Å². The van der Waals surface area contributed by atoms with Crippen molar-refractivity contribution in [2.45, 2.75) is 12.1 Å². The van der Waals surface area contributed by atoms with E-state index in [-0.39, 0.29) is 0 Å². The molecule has 1 heterocycles. The van der Waals surface area contributed by atoms with Gasteiger partial charge in [-0.05, 0) is 30.3 Å². The molecule has 3 N–H and O–H groups in total. The lowest BCUT2D eigenvalue weighted by Crippen LogP contribution is -2.39. The Kier molecular flexibility index (Phi) is 3.50. The van der Waals surface area contributed by atoms with Crippen LogP contribution in [0.1, 0.15) is 5.56 Å². The quantitative estimate of drug-likeness (QED) is 0.717. The van der Waals surface area contributed by atoms with E-state index in [1.54, 1.807) is 31.4 Å². The highest BCUT2D eigenvalue weighted by atomic mass is 16.7. The number of hydrogen-bond donors (Lipinski definition) is 3. The van der Waals surface area contributed by atoms with E-state index in [0.29, 0.717) is 11.5 Å². The van der Waals surface area contributed by atoms with Gasteiger partial charge in [0.2, 0.25) is 0 Å². The van der Waals surface area contributed by atoms with Crippen LogP contribution in [-0.4, -0.2) is 35.4 Å². The van der Waals surface area contributed by atoms with Crippen LogP contribution in [0.15, 0.2) is 30.3 Å². The van der Waals surface area contributed by atoms with Crippen molar-refractivity contribution in [3.63, 3.8) is 0 Å². The van der Waals surface area contributed by atoms with Gasteiger partial charge in [-0.15, -0.1) is 5.48 Å². The lowest BCUT2D eigenvalue weighted by atomic mass is 10.1. The van der Waals surface area contributed by atoms with E-state index in [1.165, 1.54) is 6.08 Å². The summed E-state index contributed by atoms with van der Waals surface area (Å²) in [5.41, 5.74) is 3.23. The number of benzene rings is 1. The number of aliphatic hydroxyl groups is 1. The summed E-state index contributed by atoms with van der Waals surface area (Å²) in [7, 11) is 1.57. The van der Waals surface area contributed by atoms with Crippen molar-refractivity contribution >= 4 is 11.7 Å². The maximum absolute atomic E-state index is 10.6. The third-order valence-corrected chi connectivity index (χ3v) is 2.60.